The van der Waals surface area contributed by atoms with E-state index in [0.717, 1.165) is 16.8 Å². The molecule has 0 unspecified atom stereocenters. The molecule has 0 saturated heterocycles. The second-order valence-electron chi connectivity index (χ2n) is 4.74. The summed E-state index contributed by atoms with van der Waals surface area (Å²) >= 11 is 0. The number of nitrogens with one attached hydrogen (secondary N) is 1. The van der Waals surface area contributed by atoms with E-state index in [2.05, 4.69) is 5.32 Å². The maximum absolute atomic E-state index is 13.6. The predicted molar refractivity (Wildman–Crippen MR) is 78.7 cm³/mol. The Morgan fingerprint density at radius 1 is 1.43 bits per heavy atom. The second kappa shape index (κ2) is 6.86. The number of rotatable bonds is 6. The number of sulfonamides is 1. The van der Waals surface area contributed by atoms with E-state index in [0.29, 0.717) is 6.54 Å². The van der Waals surface area contributed by atoms with Crippen LogP contribution in [0.2, 0.25) is 0 Å². The minimum absolute atomic E-state index is 0.0144. The molecule has 6 nitrogen and oxygen atoms in total. The molecule has 0 aliphatic carbocycles. The Balaban J connectivity index is 3.03. The maximum Gasteiger partial charge on any atom is 0.243 e. The normalized spacial score (nSPS) is 11.7. The van der Waals surface area contributed by atoms with Crippen molar-refractivity contribution in [3.8, 4) is 0 Å². The first kappa shape index (κ1) is 17.4. The predicted octanol–water partition coefficient (Wildman–Crippen LogP) is 0.863. The van der Waals surface area contributed by atoms with Gasteiger partial charge in [0.05, 0.1) is 11.4 Å². The zero-order valence-electron chi connectivity index (χ0n) is 12.3. The number of hydrogen-bond acceptors (Lipinski definition) is 4. The van der Waals surface area contributed by atoms with Crippen LogP contribution in [0.3, 0.4) is 0 Å². The third kappa shape index (κ3) is 4.15. The molecule has 1 aromatic carbocycles. The number of carbonyl (C=O) groups excluding carboxylic acids is 1. The van der Waals surface area contributed by atoms with Crippen LogP contribution in [-0.4, -0.2) is 38.8 Å². The van der Waals surface area contributed by atoms with Crippen molar-refractivity contribution in [2.75, 3.05) is 25.9 Å². The molecule has 1 amide bonds. The van der Waals surface area contributed by atoms with E-state index < -0.39 is 21.7 Å². The molecular weight excluding hydrogens is 297 g/mol. The number of hydrogen-bond donors (Lipinski definition) is 2. The molecule has 21 heavy (non-hydrogen) atoms. The Hall–Kier alpha value is -1.67. The average Bonchev–Trinajstić information content (AvgIpc) is 2.40. The van der Waals surface area contributed by atoms with Gasteiger partial charge < -0.3 is 11.1 Å². The molecule has 0 fully saturated rings. The van der Waals surface area contributed by atoms with Crippen LogP contribution in [-0.2, 0) is 14.8 Å². The average molecular weight is 317 g/mol. The quantitative estimate of drug-likeness (QED) is 0.761. The molecule has 0 bridgehead atoms. The van der Waals surface area contributed by atoms with E-state index in [-0.39, 0.29) is 22.7 Å². The van der Waals surface area contributed by atoms with Gasteiger partial charge in [-0.1, -0.05) is 6.92 Å². The molecule has 0 aromatic heterocycles. The fraction of sp³-hybridized carbons (Fsp3) is 0.462. The lowest BCUT2D eigenvalue weighted by Crippen LogP contribution is -2.38. The summed E-state index contributed by atoms with van der Waals surface area (Å²) < 4.78 is 39.3. The molecule has 0 saturated carbocycles. The Kier molecular flexibility index (Phi) is 5.68. The Morgan fingerprint density at radius 2 is 2.05 bits per heavy atom. The highest BCUT2D eigenvalue weighted by Crippen LogP contribution is 2.24. The second-order valence-corrected chi connectivity index (χ2v) is 6.75. The van der Waals surface area contributed by atoms with Gasteiger partial charge in [0, 0.05) is 24.8 Å². The van der Waals surface area contributed by atoms with Crippen molar-refractivity contribution in [2.45, 2.75) is 25.2 Å². The first-order valence-electron chi connectivity index (χ1n) is 6.48. The van der Waals surface area contributed by atoms with Crippen molar-refractivity contribution in [1.82, 2.24) is 9.62 Å². The fourth-order valence-electron chi connectivity index (χ4n) is 1.72. The first-order valence-corrected chi connectivity index (χ1v) is 7.92. The third-order valence-corrected chi connectivity index (χ3v) is 4.88. The number of anilines is 1. The highest BCUT2D eigenvalue weighted by Gasteiger charge is 2.26. The molecule has 0 spiro atoms. The van der Waals surface area contributed by atoms with E-state index >= 15 is 0 Å². The van der Waals surface area contributed by atoms with E-state index in [9.17, 15) is 17.6 Å². The minimum atomic E-state index is -3.98. The molecule has 0 aliphatic rings. The summed E-state index contributed by atoms with van der Waals surface area (Å²) in [6, 6.07) is 2.25. The van der Waals surface area contributed by atoms with E-state index in [1.54, 1.807) is 0 Å². The summed E-state index contributed by atoms with van der Waals surface area (Å²) in [6.45, 7) is 3.38. The van der Waals surface area contributed by atoms with Crippen molar-refractivity contribution < 1.29 is 17.6 Å². The molecule has 0 atom stereocenters. The van der Waals surface area contributed by atoms with Crippen molar-refractivity contribution in [2.24, 2.45) is 0 Å². The molecule has 0 radical (unpaired) electrons. The van der Waals surface area contributed by atoms with Crippen molar-refractivity contribution in [1.29, 1.82) is 0 Å². The number of carbonyl (C=O) groups is 1. The number of nitrogen functional groups attached to an aromatic ring is 1. The van der Waals surface area contributed by atoms with Crippen molar-refractivity contribution in [3.05, 3.63) is 23.5 Å². The van der Waals surface area contributed by atoms with Crippen LogP contribution < -0.4 is 11.1 Å². The van der Waals surface area contributed by atoms with Crippen LogP contribution >= 0.6 is 0 Å². The molecular formula is C13H20FN3O3S. The van der Waals surface area contributed by atoms with Gasteiger partial charge in [0.1, 0.15) is 5.82 Å². The van der Waals surface area contributed by atoms with E-state index in [4.69, 9.17) is 5.73 Å². The molecule has 1 rings (SSSR count). The lowest BCUT2D eigenvalue weighted by molar-refractivity contribution is -0.121. The van der Waals surface area contributed by atoms with Crippen LogP contribution in [0.5, 0.6) is 0 Å². The van der Waals surface area contributed by atoms with Gasteiger partial charge in [0.15, 0.2) is 0 Å². The number of amides is 1. The number of benzene rings is 1. The molecule has 1 aromatic rings. The Labute approximate surface area is 124 Å². The van der Waals surface area contributed by atoms with Gasteiger partial charge in [-0.2, -0.15) is 4.31 Å². The summed E-state index contributed by atoms with van der Waals surface area (Å²) in [5.74, 6) is -1.11. The van der Waals surface area contributed by atoms with Crippen LogP contribution in [0.1, 0.15) is 18.9 Å². The molecule has 0 heterocycles. The smallest absolute Gasteiger partial charge is 0.243 e. The summed E-state index contributed by atoms with van der Waals surface area (Å²) in [4.78, 5) is 11.4. The van der Waals surface area contributed by atoms with Gasteiger partial charge in [-0.3, -0.25) is 4.79 Å². The van der Waals surface area contributed by atoms with Gasteiger partial charge >= 0.3 is 0 Å². The monoisotopic (exact) mass is 317 g/mol. The minimum Gasteiger partial charge on any atom is -0.399 e. The topological polar surface area (TPSA) is 92.5 Å². The highest BCUT2D eigenvalue weighted by atomic mass is 32.2. The zero-order valence-corrected chi connectivity index (χ0v) is 13.1. The maximum atomic E-state index is 13.6. The SMILES string of the molecule is CCCNC(=O)CN(C)S(=O)(=O)c1cc(N)cc(F)c1C. The molecule has 118 valence electrons. The molecule has 3 N–H and O–H groups in total. The van der Waals surface area contributed by atoms with Gasteiger partial charge in [0.25, 0.3) is 0 Å². The number of nitrogens with zero attached hydrogens (tertiary/aromatic N) is 1. The van der Waals surface area contributed by atoms with E-state index in [1.165, 1.54) is 20.0 Å². The lowest BCUT2D eigenvalue weighted by atomic mass is 10.2. The number of likely N-dealkylation sites (N-methyl/N-ethyl adjacent to an activating group) is 1. The zero-order chi connectivity index (χ0) is 16.2. The summed E-state index contributed by atoms with van der Waals surface area (Å²) in [5.41, 5.74) is 5.48. The summed E-state index contributed by atoms with van der Waals surface area (Å²) in [7, 11) is -2.72. The Bertz CT molecular complexity index is 632. The fourth-order valence-corrected chi connectivity index (χ4v) is 3.11. The van der Waals surface area contributed by atoms with Gasteiger partial charge in [-0.25, -0.2) is 12.8 Å². The standard InChI is InChI=1S/C13H20FN3O3S/c1-4-5-16-13(18)8-17(3)21(19,20)12-7-10(15)6-11(14)9(12)2/h6-7H,4-5,8,15H2,1-3H3,(H,16,18). The van der Waals surface area contributed by atoms with E-state index in [1.807, 2.05) is 6.92 Å². The van der Waals surface area contributed by atoms with Gasteiger partial charge in [-0.05, 0) is 25.5 Å². The van der Waals surface area contributed by atoms with Crippen molar-refractivity contribution >= 4 is 21.6 Å². The lowest BCUT2D eigenvalue weighted by Gasteiger charge is -2.18. The highest BCUT2D eigenvalue weighted by molar-refractivity contribution is 7.89. The largest absolute Gasteiger partial charge is 0.399 e. The Morgan fingerprint density at radius 3 is 2.62 bits per heavy atom. The molecule has 8 heteroatoms. The number of halogens is 1. The van der Waals surface area contributed by atoms with Crippen LogP contribution in [0.25, 0.3) is 0 Å². The number of nitrogens with two attached hydrogens (primary N) is 1. The summed E-state index contributed by atoms with van der Waals surface area (Å²) in [5, 5.41) is 2.58. The van der Waals surface area contributed by atoms with Gasteiger partial charge in [0.2, 0.25) is 15.9 Å². The molecule has 0 aliphatic heterocycles. The third-order valence-electron chi connectivity index (χ3n) is 2.95. The van der Waals surface area contributed by atoms with Gasteiger partial charge in [-0.15, -0.1) is 0 Å². The van der Waals surface area contributed by atoms with Crippen LogP contribution in [0, 0.1) is 12.7 Å². The van der Waals surface area contributed by atoms with Crippen molar-refractivity contribution in [3.63, 3.8) is 0 Å². The van der Waals surface area contributed by atoms with Crippen LogP contribution in [0.15, 0.2) is 17.0 Å². The first-order chi connectivity index (χ1) is 9.70. The summed E-state index contributed by atoms with van der Waals surface area (Å²) in [6.07, 6.45) is 0.752. The van der Waals surface area contributed by atoms with Crippen LogP contribution in [0.4, 0.5) is 10.1 Å².